The second-order valence-corrected chi connectivity index (χ2v) is 5.06. The van der Waals surface area contributed by atoms with E-state index in [9.17, 15) is 5.11 Å². The predicted octanol–water partition coefficient (Wildman–Crippen LogP) is 4.21. The van der Waals surface area contributed by atoms with Crippen molar-refractivity contribution in [3.05, 3.63) is 47.0 Å². The average Bonchev–Trinajstić information content (AvgIpc) is 2.26. The molecule has 0 amide bonds. The Morgan fingerprint density at radius 3 is 2.29 bits per heavy atom. The minimum absolute atomic E-state index is 0.328. The molecule has 1 nitrogen and oxygen atoms in total. The van der Waals surface area contributed by atoms with Crippen molar-refractivity contribution in [1.29, 1.82) is 0 Å². The highest BCUT2D eigenvalue weighted by Crippen LogP contribution is 2.25. The number of benzene rings is 1. The van der Waals surface area contributed by atoms with Gasteiger partial charge < -0.3 is 5.11 Å². The Balaban J connectivity index is 2.72. The van der Waals surface area contributed by atoms with Crippen molar-refractivity contribution >= 4 is 0 Å². The van der Waals surface area contributed by atoms with Gasteiger partial charge in [0, 0.05) is 0 Å². The number of allylic oxidation sites excluding steroid dienone is 1. The SMILES string of the molecule is CCC(CC(O)C=C(C)C)c1ccc(C)cc1. The van der Waals surface area contributed by atoms with Crippen molar-refractivity contribution in [3.63, 3.8) is 0 Å². The van der Waals surface area contributed by atoms with E-state index in [1.165, 1.54) is 16.7 Å². The Kier molecular flexibility index (Phi) is 5.43. The molecule has 0 aromatic heterocycles. The van der Waals surface area contributed by atoms with E-state index in [1.807, 2.05) is 19.9 Å². The maximum absolute atomic E-state index is 9.96. The maximum atomic E-state index is 9.96. The molecule has 2 unspecified atom stereocenters. The summed E-state index contributed by atoms with van der Waals surface area (Å²) in [4.78, 5) is 0. The molecule has 0 saturated carbocycles. The number of aryl methyl sites for hydroxylation is 1. The highest BCUT2D eigenvalue weighted by atomic mass is 16.3. The number of aliphatic hydroxyl groups is 1. The second-order valence-electron chi connectivity index (χ2n) is 5.06. The molecule has 0 aliphatic carbocycles. The molecule has 2 atom stereocenters. The Bertz CT molecular complexity index is 358. The molecule has 1 aromatic rings. The lowest BCUT2D eigenvalue weighted by Gasteiger charge is -2.18. The van der Waals surface area contributed by atoms with Gasteiger partial charge in [0.05, 0.1) is 6.10 Å². The van der Waals surface area contributed by atoms with Crippen molar-refractivity contribution in [2.75, 3.05) is 0 Å². The van der Waals surface area contributed by atoms with Crippen LogP contribution in [-0.2, 0) is 0 Å². The molecule has 94 valence electrons. The molecule has 0 aliphatic heterocycles. The molecule has 0 radical (unpaired) electrons. The van der Waals surface area contributed by atoms with Crippen LogP contribution in [0.2, 0.25) is 0 Å². The first-order chi connectivity index (χ1) is 8.02. The van der Waals surface area contributed by atoms with Crippen molar-refractivity contribution in [2.45, 2.75) is 52.6 Å². The van der Waals surface area contributed by atoms with Crippen LogP contribution < -0.4 is 0 Å². The third-order valence-electron chi connectivity index (χ3n) is 3.09. The van der Waals surface area contributed by atoms with Crippen molar-refractivity contribution in [1.82, 2.24) is 0 Å². The quantitative estimate of drug-likeness (QED) is 0.754. The zero-order valence-corrected chi connectivity index (χ0v) is 11.4. The summed E-state index contributed by atoms with van der Waals surface area (Å²) in [5.41, 5.74) is 3.80. The summed E-state index contributed by atoms with van der Waals surface area (Å²) in [5, 5.41) is 9.96. The Morgan fingerprint density at radius 2 is 1.82 bits per heavy atom. The van der Waals surface area contributed by atoms with E-state index in [0.29, 0.717) is 5.92 Å². The van der Waals surface area contributed by atoms with Gasteiger partial charge in [0.25, 0.3) is 0 Å². The third kappa shape index (κ3) is 4.74. The molecule has 0 heterocycles. The highest BCUT2D eigenvalue weighted by Gasteiger charge is 2.13. The second kappa shape index (κ2) is 6.61. The fourth-order valence-electron chi connectivity index (χ4n) is 2.12. The van der Waals surface area contributed by atoms with Gasteiger partial charge in [-0.25, -0.2) is 0 Å². The fourth-order valence-corrected chi connectivity index (χ4v) is 2.12. The van der Waals surface area contributed by atoms with Gasteiger partial charge in [-0.2, -0.15) is 0 Å². The van der Waals surface area contributed by atoms with Crippen LogP contribution in [0.3, 0.4) is 0 Å². The van der Waals surface area contributed by atoms with Crippen LogP contribution >= 0.6 is 0 Å². The fraction of sp³-hybridized carbons (Fsp3) is 0.500. The van der Waals surface area contributed by atoms with Crippen molar-refractivity contribution in [3.8, 4) is 0 Å². The van der Waals surface area contributed by atoms with Gasteiger partial charge in [0.2, 0.25) is 0 Å². The van der Waals surface area contributed by atoms with E-state index in [0.717, 1.165) is 12.8 Å². The topological polar surface area (TPSA) is 20.2 Å². The highest BCUT2D eigenvalue weighted by molar-refractivity contribution is 5.24. The van der Waals surface area contributed by atoms with E-state index >= 15 is 0 Å². The molecule has 1 aromatic carbocycles. The summed E-state index contributed by atoms with van der Waals surface area (Å²) in [7, 11) is 0. The molecule has 1 heteroatoms. The maximum Gasteiger partial charge on any atom is 0.0729 e. The molecular formula is C16H24O. The summed E-state index contributed by atoms with van der Waals surface area (Å²) in [6, 6.07) is 8.65. The molecule has 0 bridgehead atoms. The lowest BCUT2D eigenvalue weighted by molar-refractivity contribution is 0.200. The van der Waals surface area contributed by atoms with Gasteiger partial charge in [-0.15, -0.1) is 0 Å². The van der Waals surface area contributed by atoms with Gasteiger partial charge in [0.15, 0.2) is 0 Å². The molecule has 0 saturated heterocycles. The van der Waals surface area contributed by atoms with Crippen LogP contribution in [0.25, 0.3) is 0 Å². The molecule has 17 heavy (non-hydrogen) atoms. The minimum atomic E-state index is -0.328. The Morgan fingerprint density at radius 1 is 1.24 bits per heavy atom. The molecule has 0 spiro atoms. The van der Waals surface area contributed by atoms with Crippen LogP contribution in [0.4, 0.5) is 0 Å². The molecule has 1 rings (SSSR count). The standard InChI is InChI=1S/C16H24O/c1-5-14(11-16(17)10-12(2)3)15-8-6-13(4)7-9-15/h6-10,14,16-17H,5,11H2,1-4H3. The number of aliphatic hydroxyl groups excluding tert-OH is 1. The zero-order chi connectivity index (χ0) is 12.8. The minimum Gasteiger partial charge on any atom is -0.389 e. The van der Waals surface area contributed by atoms with Crippen LogP contribution in [0, 0.1) is 6.92 Å². The van der Waals surface area contributed by atoms with Gasteiger partial charge in [0.1, 0.15) is 0 Å². The molecule has 1 N–H and O–H groups in total. The van der Waals surface area contributed by atoms with Crippen molar-refractivity contribution < 1.29 is 5.11 Å². The first-order valence-electron chi connectivity index (χ1n) is 6.42. The van der Waals surface area contributed by atoms with Gasteiger partial charge in [-0.05, 0) is 45.1 Å². The zero-order valence-electron chi connectivity index (χ0n) is 11.4. The van der Waals surface area contributed by atoms with Crippen LogP contribution in [0.1, 0.15) is 50.7 Å². The third-order valence-corrected chi connectivity index (χ3v) is 3.09. The smallest absolute Gasteiger partial charge is 0.0729 e. The molecular weight excluding hydrogens is 208 g/mol. The molecule has 0 aliphatic rings. The number of rotatable bonds is 5. The van der Waals surface area contributed by atoms with E-state index < -0.39 is 0 Å². The number of hydrogen-bond acceptors (Lipinski definition) is 1. The lowest BCUT2D eigenvalue weighted by Crippen LogP contribution is -2.10. The number of hydrogen-bond donors (Lipinski definition) is 1. The van der Waals surface area contributed by atoms with E-state index in [1.54, 1.807) is 0 Å². The largest absolute Gasteiger partial charge is 0.389 e. The van der Waals surface area contributed by atoms with Crippen LogP contribution in [-0.4, -0.2) is 11.2 Å². The van der Waals surface area contributed by atoms with Gasteiger partial charge in [-0.1, -0.05) is 48.4 Å². The average molecular weight is 232 g/mol. The first-order valence-corrected chi connectivity index (χ1v) is 6.42. The van der Waals surface area contributed by atoms with Crippen molar-refractivity contribution in [2.24, 2.45) is 0 Å². The predicted molar refractivity (Wildman–Crippen MR) is 74.3 cm³/mol. The summed E-state index contributed by atoms with van der Waals surface area (Å²) < 4.78 is 0. The lowest BCUT2D eigenvalue weighted by atomic mass is 9.90. The van der Waals surface area contributed by atoms with E-state index in [-0.39, 0.29) is 6.10 Å². The van der Waals surface area contributed by atoms with Crippen LogP contribution in [0.15, 0.2) is 35.9 Å². The Labute approximate surface area is 105 Å². The molecule has 0 fully saturated rings. The Hall–Kier alpha value is -1.08. The van der Waals surface area contributed by atoms with E-state index in [4.69, 9.17) is 0 Å². The normalized spacial score (nSPS) is 14.2. The van der Waals surface area contributed by atoms with Gasteiger partial charge in [-0.3, -0.25) is 0 Å². The summed E-state index contributed by atoms with van der Waals surface area (Å²) in [5.74, 6) is 0.446. The summed E-state index contributed by atoms with van der Waals surface area (Å²) in [6.07, 6.45) is 3.49. The summed E-state index contributed by atoms with van der Waals surface area (Å²) >= 11 is 0. The monoisotopic (exact) mass is 232 g/mol. The van der Waals surface area contributed by atoms with E-state index in [2.05, 4.69) is 38.1 Å². The first kappa shape index (κ1) is 14.0. The van der Waals surface area contributed by atoms with Gasteiger partial charge >= 0.3 is 0 Å². The summed E-state index contributed by atoms with van der Waals surface area (Å²) in [6.45, 7) is 8.33. The van der Waals surface area contributed by atoms with Crippen LogP contribution in [0.5, 0.6) is 0 Å².